The molecule has 0 atom stereocenters. The summed E-state index contributed by atoms with van der Waals surface area (Å²) in [5.74, 6) is 0.283. The van der Waals surface area contributed by atoms with Crippen LogP contribution in [0.1, 0.15) is 30.4 Å². The van der Waals surface area contributed by atoms with Crippen molar-refractivity contribution in [3.05, 3.63) is 71.7 Å². The molecular weight excluding hydrogens is 405 g/mol. The summed E-state index contributed by atoms with van der Waals surface area (Å²) in [6.07, 6.45) is 5.60. The zero-order valence-electron chi connectivity index (χ0n) is 18.7. The Morgan fingerprint density at radius 3 is 2.66 bits per heavy atom. The summed E-state index contributed by atoms with van der Waals surface area (Å²) in [6, 6.07) is 14.7. The molecule has 0 spiro atoms. The Kier molecular flexibility index (Phi) is 7.55. The lowest BCUT2D eigenvalue weighted by molar-refractivity contribution is -0.126. The molecule has 4 rings (SSSR count). The third kappa shape index (κ3) is 5.96. The van der Waals surface area contributed by atoms with Crippen LogP contribution in [-0.4, -0.2) is 41.6 Å². The van der Waals surface area contributed by atoms with Crippen LogP contribution in [0, 0.1) is 11.7 Å². The lowest BCUT2D eigenvalue weighted by atomic mass is 9.93. The summed E-state index contributed by atoms with van der Waals surface area (Å²) in [5, 5.41) is 4.31. The molecule has 2 aromatic carbocycles. The van der Waals surface area contributed by atoms with Crippen molar-refractivity contribution >= 4 is 16.8 Å². The Morgan fingerprint density at radius 2 is 1.88 bits per heavy atom. The molecule has 6 heteroatoms. The Bertz CT molecular complexity index is 1020. The van der Waals surface area contributed by atoms with Gasteiger partial charge in [-0.3, -0.25) is 9.69 Å². The van der Waals surface area contributed by atoms with E-state index in [1.54, 1.807) is 12.1 Å². The Hall–Kier alpha value is -2.70. The van der Waals surface area contributed by atoms with Crippen molar-refractivity contribution in [3.8, 4) is 0 Å². The Labute approximate surface area is 189 Å². The highest BCUT2D eigenvalue weighted by molar-refractivity contribution is 5.83. The van der Waals surface area contributed by atoms with Gasteiger partial charge >= 0.3 is 0 Å². The number of likely N-dealkylation sites (tertiary alicyclic amines) is 1. The van der Waals surface area contributed by atoms with Gasteiger partial charge in [-0.15, -0.1) is 0 Å². The van der Waals surface area contributed by atoms with E-state index in [1.807, 2.05) is 0 Å². The molecule has 0 unspecified atom stereocenters. The van der Waals surface area contributed by atoms with Crippen molar-refractivity contribution in [2.75, 3.05) is 26.2 Å². The SMILES string of the molecule is Cn1cc(CN2CCC(CCNC(=O)COCc3ccc(F)cc3)CC2)c2ccccc21. The quantitative estimate of drug-likeness (QED) is 0.544. The number of hydrogen-bond donors (Lipinski definition) is 1. The molecule has 1 N–H and O–H groups in total. The average Bonchev–Trinajstić information content (AvgIpc) is 3.12. The van der Waals surface area contributed by atoms with E-state index in [0.29, 0.717) is 19.1 Å². The molecule has 5 nitrogen and oxygen atoms in total. The second-order valence-corrected chi connectivity index (χ2v) is 8.76. The van der Waals surface area contributed by atoms with Gasteiger partial charge in [-0.05, 0) is 67.6 Å². The van der Waals surface area contributed by atoms with E-state index in [9.17, 15) is 9.18 Å². The number of rotatable bonds is 9. The van der Waals surface area contributed by atoms with Crippen LogP contribution in [0.25, 0.3) is 10.9 Å². The number of piperidine rings is 1. The Balaban J connectivity index is 1.12. The molecule has 0 bridgehead atoms. The van der Waals surface area contributed by atoms with Crippen molar-refractivity contribution in [2.24, 2.45) is 13.0 Å². The molecular formula is C26H32FN3O2. The number of para-hydroxylation sites is 1. The van der Waals surface area contributed by atoms with Gasteiger partial charge in [-0.2, -0.15) is 0 Å². The highest BCUT2D eigenvalue weighted by Crippen LogP contribution is 2.25. The molecule has 1 aromatic heterocycles. The van der Waals surface area contributed by atoms with Crippen LogP contribution in [0.2, 0.25) is 0 Å². The maximum absolute atomic E-state index is 12.9. The van der Waals surface area contributed by atoms with Crippen LogP contribution < -0.4 is 5.32 Å². The van der Waals surface area contributed by atoms with Crippen molar-refractivity contribution < 1.29 is 13.9 Å². The zero-order chi connectivity index (χ0) is 22.3. The molecule has 1 amide bonds. The van der Waals surface area contributed by atoms with Crippen molar-refractivity contribution in [2.45, 2.75) is 32.4 Å². The van der Waals surface area contributed by atoms with Crippen LogP contribution in [0.15, 0.2) is 54.7 Å². The fraction of sp³-hybridized carbons (Fsp3) is 0.423. The number of fused-ring (bicyclic) bond motifs is 1. The van der Waals surface area contributed by atoms with Gasteiger partial charge in [0.2, 0.25) is 5.91 Å². The minimum Gasteiger partial charge on any atom is -0.367 e. The molecule has 0 aliphatic carbocycles. The summed E-state index contributed by atoms with van der Waals surface area (Å²) in [5.41, 5.74) is 3.54. The van der Waals surface area contributed by atoms with Gasteiger partial charge in [0.1, 0.15) is 12.4 Å². The fourth-order valence-corrected chi connectivity index (χ4v) is 4.53. The van der Waals surface area contributed by atoms with E-state index >= 15 is 0 Å². The number of aromatic nitrogens is 1. The number of carbonyl (C=O) groups is 1. The van der Waals surface area contributed by atoms with Crippen LogP contribution in [-0.2, 0) is 29.7 Å². The molecule has 1 saturated heterocycles. The number of amides is 1. The molecule has 0 saturated carbocycles. The first-order valence-electron chi connectivity index (χ1n) is 11.4. The molecule has 170 valence electrons. The second kappa shape index (κ2) is 10.7. The second-order valence-electron chi connectivity index (χ2n) is 8.76. The first kappa shape index (κ1) is 22.5. The van der Waals surface area contributed by atoms with E-state index in [-0.39, 0.29) is 18.3 Å². The summed E-state index contributed by atoms with van der Waals surface area (Å²) in [7, 11) is 2.11. The third-order valence-electron chi connectivity index (χ3n) is 6.37. The molecule has 0 radical (unpaired) electrons. The lowest BCUT2D eigenvalue weighted by Gasteiger charge is -2.31. The summed E-state index contributed by atoms with van der Waals surface area (Å²) in [6.45, 7) is 4.22. The number of halogens is 1. The molecule has 1 aliphatic rings. The highest BCUT2D eigenvalue weighted by Gasteiger charge is 2.20. The summed E-state index contributed by atoms with van der Waals surface area (Å²) in [4.78, 5) is 14.5. The predicted molar refractivity (Wildman–Crippen MR) is 125 cm³/mol. The maximum atomic E-state index is 12.9. The van der Waals surface area contributed by atoms with Crippen LogP contribution in [0.3, 0.4) is 0 Å². The van der Waals surface area contributed by atoms with Gasteiger partial charge in [0.25, 0.3) is 0 Å². The van der Waals surface area contributed by atoms with Gasteiger partial charge < -0.3 is 14.6 Å². The predicted octanol–water partition coefficient (Wildman–Crippen LogP) is 4.25. The van der Waals surface area contributed by atoms with Gasteiger partial charge in [0, 0.05) is 37.2 Å². The van der Waals surface area contributed by atoms with Gasteiger partial charge in [0.05, 0.1) is 6.61 Å². The smallest absolute Gasteiger partial charge is 0.246 e. The van der Waals surface area contributed by atoms with Crippen molar-refractivity contribution in [1.82, 2.24) is 14.8 Å². The number of aryl methyl sites for hydroxylation is 1. The van der Waals surface area contributed by atoms with Crippen LogP contribution in [0.4, 0.5) is 4.39 Å². The highest BCUT2D eigenvalue weighted by atomic mass is 19.1. The normalized spacial score (nSPS) is 15.3. The monoisotopic (exact) mass is 437 g/mol. The largest absolute Gasteiger partial charge is 0.367 e. The number of hydrogen-bond acceptors (Lipinski definition) is 3. The maximum Gasteiger partial charge on any atom is 0.246 e. The molecule has 1 fully saturated rings. The zero-order valence-corrected chi connectivity index (χ0v) is 18.7. The number of nitrogens with zero attached hydrogens (tertiary/aromatic N) is 2. The van der Waals surface area contributed by atoms with Crippen molar-refractivity contribution in [3.63, 3.8) is 0 Å². The number of ether oxygens (including phenoxy) is 1. The summed E-state index contributed by atoms with van der Waals surface area (Å²) < 4.78 is 20.5. The van der Waals surface area contributed by atoms with E-state index in [0.717, 1.165) is 31.6 Å². The number of benzene rings is 2. The van der Waals surface area contributed by atoms with Crippen LogP contribution in [0.5, 0.6) is 0 Å². The fourth-order valence-electron chi connectivity index (χ4n) is 4.53. The first-order chi connectivity index (χ1) is 15.6. The van der Waals surface area contributed by atoms with Gasteiger partial charge in [-0.25, -0.2) is 4.39 Å². The number of nitrogens with one attached hydrogen (secondary N) is 1. The minimum absolute atomic E-state index is 0.0286. The van der Waals surface area contributed by atoms with E-state index in [1.165, 1.54) is 41.4 Å². The van der Waals surface area contributed by atoms with Gasteiger partial charge in [-0.1, -0.05) is 30.3 Å². The Morgan fingerprint density at radius 1 is 1.12 bits per heavy atom. The van der Waals surface area contributed by atoms with Crippen LogP contribution >= 0.6 is 0 Å². The average molecular weight is 438 g/mol. The molecule has 3 aromatic rings. The summed E-state index contributed by atoms with van der Waals surface area (Å²) >= 11 is 0. The van der Waals surface area contributed by atoms with Crippen molar-refractivity contribution in [1.29, 1.82) is 0 Å². The van der Waals surface area contributed by atoms with Gasteiger partial charge in [0.15, 0.2) is 0 Å². The molecule has 2 heterocycles. The number of carbonyl (C=O) groups excluding carboxylic acids is 1. The standard InChI is InChI=1S/C26H32FN3O2/c1-29-16-22(24-4-2-3-5-25(24)29)17-30-14-11-20(12-15-30)10-13-28-26(31)19-32-18-21-6-8-23(27)9-7-21/h2-9,16,20H,10-15,17-19H2,1H3,(H,28,31). The molecule has 1 aliphatic heterocycles. The van der Waals surface area contributed by atoms with E-state index in [2.05, 4.69) is 52.3 Å². The topological polar surface area (TPSA) is 46.5 Å². The first-order valence-corrected chi connectivity index (χ1v) is 11.4. The minimum atomic E-state index is -0.272. The third-order valence-corrected chi connectivity index (χ3v) is 6.37. The molecule has 32 heavy (non-hydrogen) atoms. The van der Waals surface area contributed by atoms with E-state index < -0.39 is 0 Å². The van der Waals surface area contributed by atoms with E-state index in [4.69, 9.17) is 4.74 Å². The lowest BCUT2D eigenvalue weighted by Crippen LogP contribution is -2.35.